The quantitative estimate of drug-likeness (QED) is 0.401. The van der Waals surface area contributed by atoms with E-state index in [9.17, 15) is 20.0 Å². The molecule has 1 aromatic heterocycles. The average molecular weight is 535 g/mol. The van der Waals surface area contributed by atoms with Crippen LogP contribution in [0.2, 0.25) is 0 Å². The highest BCUT2D eigenvalue weighted by atomic mass is 32.1. The maximum Gasteiger partial charge on any atom is 0.411 e. The lowest BCUT2D eigenvalue weighted by atomic mass is 10.0. The van der Waals surface area contributed by atoms with Crippen LogP contribution in [0.3, 0.4) is 0 Å². The molecule has 0 aliphatic heterocycles. The number of carboxylic acid groups (broad SMARTS) is 1. The number of hydrogen-bond acceptors (Lipinski definition) is 8. The fraction of sp³-hybridized carbons (Fsp3) is 0.393. The third kappa shape index (κ3) is 5.94. The summed E-state index contributed by atoms with van der Waals surface area (Å²) < 4.78 is 11.2. The van der Waals surface area contributed by atoms with Crippen molar-refractivity contribution in [1.29, 1.82) is 5.26 Å². The molecule has 0 fully saturated rings. The van der Waals surface area contributed by atoms with Crippen LogP contribution in [0.5, 0.6) is 5.75 Å². The minimum atomic E-state index is -1.10. The molecule has 0 saturated carbocycles. The van der Waals surface area contributed by atoms with Crippen LogP contribution in [0, 0.1) is 11.3 Å². The molecule has 1 amide bonds. The number of amides is 1. The van der Waals surface area contributed by atoms with Crippen LogP contribution in [-0.4, -0.2) is 50.5 Å². The molecule has 1 N–H and O–H groups in total. The van der Waals surface area contributed by atoms with Crippen molar-refractivity contribution >= 4 is 23.4 Å². The number of fused-ring (bicyclic) bond motifs is 1. The molecule has 3 aromatic rings. The fourth-order valence-corrected chi connectivity index (χ4v) is 5.37. The molecule has 0 unspecified atom stereocenters. The lowest BCUT2D eigenvalue weighted by Gasteiger charge is -2.31. The van der Waals surface area contributed by atoms with Crippen LogP contribution in [0.15, 0.2) is 36.4 Å². The number of ether oxygens (including phenoxy) is 2. The zero-order valence-corrected chi connectivity index (χ0v) is 22.8. The summed E-state index contributed by atoms with van der Waals surface area (Å²) in [5.41, 5.74) is 3.24. The van der Waals surface area contributed by atoms with Gasteiger partial charge in [0.1, 0.15) is 34.0 Å². The van der Waals surface area contributed by atoms with Crippen molar-refractivity contribution in [3.05, 3.63) is 53.1 Å². The van der Waals surface area contributed by atoms with Gasteiger partial charge < -0.3 is 14.6 Å². The highest BCUT2D eigenvalue weighted by Gasteiger charge is 2.36. The van der Waals surface area contributed by atoms with E-state index in [0.717, 1.165) is 22.3 Å². The van der Waals surface area contributed by atoms with Crippen molar-refractivity contribution in [2.24, 2.45) is 0 Å². The Morgan fingerprint density at radius 1 is 1.21 bits per heavy atom. The third-order valence-corrected chi connectivity index (χ3v) is 6.92. The number of benzene rings is 2. The number of nitrogens with zero attached hydrogens (tertiary/aromatic N) is 4. The SMILES string of the molecule is CC(C)Oc1ccc(-c2nnc(-c3cccc4c3CC[C@H]4N(CC(=O)O)C(=O)OC(C)(C)C)s2)cc1C#N. The molecule has 1 aliphatic carbocycles. The molecule has 1 aliphatic rings. The Kier molecular flexibility index (Phi) is 7.69. The van der Waals surface area contributed by atoms with Crippen molar-refractivity contribution in [3.63, 3.8) is 0 Å². The molecule has 1 heterocycles. The van der Waals surface area contributed by atoms with Crippen molar-refractivity contribution in [2.75, 3.05) is 6.54 Å². The minimum absolute atomic E-state index is 0.0492. The Labute approximate surface area is 225 Å². The molecule has 1 atom stereocenters. The second-order valence-electron chi connectivity index (χ2n) is 10.3. The highest BCUT2D eigenvalue weighted by Crippen LogP contribution is 2.42. The molecular formula is C28H30N4O5S. The van der Waals surface area contributed by atoms with Crippen LogP contribution in [0.1, 0.15) is 63.8 Å². The number of hydrogen-bond donors (Lipinski definition) is 1. The molecule has 38 heavy (non-hydrogen) atoms. The van der Waals surface area contributed by atoms with E-state index in [0.29, 0.717) is 34.2 Å². The third-order valence-electron chi connectivity index (χ3n) is 5.91. The van der Waals surface area contributed by atoms with Crippen LogP contribution < -0.4 is 4.74 Å². The van der Waals surface area contributed by atoms with Crippen LogP contribution >= 0.6 is 11.3 Å². The Hall–Kier alpha value is -3.97. The van der Waals surface area contributed by atoms with E-state index in [1.54, 1.807) is 32.9 Å². The Balaban J connectivity index is 1.65. The summed E-state index contributed by atoms with van der Waals surface area (Å²) in [7, 11) is 0. The second kappa shape index (κ2) is 10.8. The zero-order valence-electron chi connectivity index (χ0n) is 22.0. The number of rotatable bonds is 7. The standard InChI is InChI=1S/C28H30N4O5S/c1-16(2)36-23-12-9-17(13-18(23)14-29)25-30-31-26(38-25)21-8-6-7-20-19(21)10-11-22(20)32(15-24(33)34)27(35)37-28(3,4)5/h6-9,12-13,16,22H,10-11,15H2,1-5H3,(H,33,34)/t22-/m1/s1. The maximum atomic E-state index is 12.9. The number of aromatic nitrogens is 2. The van der Waals surface area contributed by atoms with E-state index in [4.69, 9.17) is 9.47 Å². The lowest BCUT2D eigenvalue weighted by Crippen LogP contribution is -2.41. The van der Waals surface area contributed by atoms with Gasteiger partial charge in [-0.3, -0.25) is 9.69 Å². The molecule has 9 nitrogen and oxygen atoms in total. The van der Waals surface area contributed by atoms with E-state index >= 15 is 0 Å². The normalized spacial score (nSPS) is 14.6. The van der Waals surface area contributed by atoms with Gasteiger partial charge in [0.2, 0.25) is 0 Å². The van der Waals surface area contributed by atoms with Crippen molar-refractivity contribution in [2.45, 2.75) is 65.2 Å². The van der Waals surface area contributed by atoms with Gasteiger partial charge in [-0.05, 0) is 76.8 Å². The predicted molar refractivity (Wildman–Crippen MR) is 143 cm³/mol. The summed E-state index contributed by atoms with van der Waals surface area (Å²) in [6, 6.07) is 12.9. The molecular weight excluding hydrogens is 504 g/mol. The number of nitriles is 1. The molecule has 2 aromatic carbocycles. The van der Waals surface area contributed by atoms with Crippen molar-refractivity contribution in [3.8, 4) is 33.0 Å². The van der Waals surface area contributed by atoms with E-state index in [2.05, 4.69) is 16.3 Å². The monoisotopic (exact) mass is 534 g/mol. The van der Waals surface area contributed by atoms with Crippen LogP contribution in [0.25, 0.3) is 21.1 Å². The Bertz CT molecular complexity index is 1400. The largest absolute Gasteiger partial charge is 0.490 e. The highest BCUT2D eigenvalue weighted by molar-refractivity contribution is 7.17. The number of carbonyl (C=O) groups excluding carboxylic acids is 1. The van der Waals surface area contributed by atoms with E-state index < -0.39 is 30.3 Å². The van der Waals surface area contributed by atoms with E-state index in [1.165, 1.54) is 16.2 Å². The molecule has 0 radical (unpaired) electrons. The summed E-state index contributed by atoms with van der Waals surface area (Å²) >= 11 is 1.41. The summed E-state index contributed by atoms with van der Waals surface area (Å²) in [4.78, 5) is 25.8. The topological polar surface area (TPSA) is 126 Å². The van der Waals surface area contributed by atoms with Gasteiger partial charge in [0.05, 0.1) is 17.7 Å². The molecule has 4 rings (SSSR count). The van der Waals surface area contributed by atoms with E-state index in [1.807, 2.05) is 38.1 Å². The first-order valence-corrected chi connectivity index (χ1v) is 13.2. The number of aliphatic carboxylic acids is 1. The van der Waals surface area contributed by atoms with Crippen molar-refractivity contribution in [1.82, 2.24) is 15.1 Å². The minimum Gasteiger partial charge on any atom is -0.490 e. The lowest BCUT2D eigenvalue weighted by molar-refractivity contribution is -0.138. The van der Waals surface area contributed by atoms with Gasteiger partial charge in [-0.25, -0.2) is 4.79 Å². The van der Waals surface area contributed by atoms with Gasteiger partial charge >= 0.3 is 12.1 Å². The van der Waals surface area contributed by atoms with Gasteiger partial charge in [-0.2, -0.15) is 5.26 Å². The van der Waals surface area contributed by atoms with Gasteiger partial charge in [-0.15, -0.1) is 10.2 Å². The fourth-order valence-electron chi connectivity index (χ4n) is 4.48. The van der Waals surface area contributed by atoms with Gasteiger partial charge in [0, 0.05) is 11.1 Å². The van der Waals surface area contributed by atoms with Crippen LogP contribution in [0.4, 0.5) is 4.79 Å². The molecule has 0 bridgehead atoms. The predicted octanol–water partition coefficient (Wildman–Crippen LogP) is 5.84. The Morgan fingerprint density at radius 2 is 1.95 bits per heavy atom. The van der Waals surface area contributed by atoms with Gasteiger partial charge in [-0.1, -0.05) is 29.5 Å². The number of carboxylic acids is 1. The molecule has 10 heteroatoms. The number of carbonyl (C=O) groups is 2. The molecule has 0 saturated heterocycles. The summed E-state index contributed by atoms with van der Waals surface area (Å²) in [6.07, 6.45) is 0.531. The Morgan fingerprint density at radius 3 is 2.61 bits per heavy atom. The first-order valence-electron chi connectivity index (χ1n) is 12.3. The zero-order chi connectivity index (χ0) is 27.6. The second-order valence-corrected chi connectivity index (χ2v) is 11.3. The van der Waals surface area contributed by atoms with Gasteiger partial charge in [0.25, 0.3) is 0 Å². The maximum absolute atomic E-state index is 12.9. The summed E-state index contributed by atoms with van der Waals surface area (Å²) in [5, 5.41) is 29.2. The molecule has 0 spiro atoms. The first kappa shape index (κ1) is 27.1. The molecule has 198 valence electrons. The smallest absolute Gasteiger partial charge is 0.411 e. The average Bonchev–Trinajstić information content (AvgIpc) is 3.49. The summed E-state index contributed by atoms with van der Waals surface area (Å²) in [5.74, 6) is -0.574. The van der Waals surface area contributed by atoms with Gasteiger partial charge in [0.15, 0.2) is 0 Å². The summed E-state index contributed by atoms with van der Waals surface area (Å²) in [6.45, 7) is 8.61. The first-order chi connectivity index (χ1) is 18.0. The van der Waals surface area contributed by atoms with E-state index in [-0.39, 0.29) is 6.10 Å². The van der Waals surface area contributed by atoms with Crippen molar-refractivity contribution < 1.29 is 24.2 Å². The van der Waals surface area contributed by atoms with Crippen LogP contribution in [-0.2, 0) is 16.0 Å².